The molecule has 0 amide bonds. The zero-order valence-electron chi connectivity index (χ0n) is 12.8. The lowest BCUT2D eigenvalue weighted by atomic mass is 9.73. The van der Waals surface area contributed by atoms with Crippen LogP contribution < -0.4 is 5.73 Å². The molecule has 0 unspecified atom stereocenters. The highest BCUT2D eigenvalue weighted by molar-refractivity contribution is 6.47. The molecule has 1 aliphatic heterocycles. The van der Waals surface area contributed by atoms with Gasteiger partial charge in [-0.1, -0.05) is 0 Å². The van der Waals surface area contributed by atoms with Crippen LogP contribution in [-0.4, -0.2) is 18.3 Å². The molecule has 22 heavy (non-hydrogen) atoms. The first-order chi connectivity index (χ1) is 9.85. The fourth-order valence-corrected chi connectivity index (χ4v) is 2.25. The SMILES string of the molecule is CC1(C)OB([C@@H](N)c2cc(F)ccc2C(F)(F)F)OC1(C)C. The van der Waals surface area contributed by atoms with E-state index >= 15 is 0 Å². The van der Waals surface area contributed by atoms with Crippen molar-refractivity contribution in [2.75, 3.05) is 0 Å². The minimum atomic E-state index is -4.63. The summed E-state index contributed by atoms with van der Waals surface area (Å²) in [6.07, 6.45) is -4.63. The van der Waals surface area contributed by atoms with Gasteiger partial charge in [0.05, 0.1) is 22.7 Å². The van der Waals surface area contributed by atoms with Crippen molar-refractivity contribution >= 4 is 7.12 Å². The number of alkyl halides is 3. The predicted octanol–water partition coefficient (Wildman–Crippen LogP) is 3.48. The highest BCUT2D eigenvalue weighted by atomic mass is 19.4. The second-order valence-corrected chi connectivity index (χ2v) is 6.38. The molecule has 2 rings (SSSR count). The van der Waals surface area contributed by atoms with Gasteiger partial charge < -0.3 is 15.0 Å². The van der Waals surface area contributed by atoms with Gasteiger partial charge in [0.1, 0.15) is 5.82 Å². The number of rotatable bonds is 2. The first-order valence-electron chi connectivity index (χ1n) is 6.83. The summed E-state index contributed by atoms with van der Waals surface area (Å²) in [5, 5.41) is 0. The summed E-state index contributed by atoms with van der Waals surface area (Å²) in [5.41, 5.74) is 3.05. The molecule has 0 bridgehead atoms. The van der Waals surface area contributed by atoms with E-state index in [9.17, 15) is 17.6 Å². The molecule has 122 valence electrons. The molecule has 1 aromatic carbocycles. The molecule has 1 aliphatic rings. The number of nitrogens with two attached hydrogens (primary N) is 1. The van der Waals surface area contributed by atoms with Gasteiger partial charge in [-0.15, -0.1) is 0 Å². The van der Waals surface area contributed by atoms with Crippen LogP contribution in [0.2, 0.25) is 0 Å². The Kier molecular flexibility index (Phi) is 4.09. The maximum Gasteiger partial charge on any atom is 0.480 e. The van der Waals surface area contributed by atoms with Crippen molar-refractivity contribution in [2.45, 2.75) is 51.0 Å². The summed E-state index contributed by atoms with van der Waals surface area (Å²) >= 11 is 0. The number of hydrogen-bond acceptors (Lipinski definition) is 3. The number of benzene rings is 1. The van der Waals surface area contributed by atoms with Crippen molar-refractivity contribution in [3.63, 3.8) is 0 Å². The van der Waals surface area contributed by atoms with Crippen molar-refractivity contribution in [3.8, 4) is 0 Å². The molecule has 3 nitrogen and oxygen atoms in total. The van der Waals surface area contributed by atoms with Gasteiger partial charge in [0.2, 0.25) is 0 Å². The van der Waals surface area contributed by atoms with Gasteiger partial charge in [-0.25, -0.2) is 4.39 Å². The first-order valence-corrected chi connectivity index (χ1v) is 6.83. The summed E-state index contributed by atoms with van der Waals surface area (Å²) in [4.78, 5) is 0. The summed E-state index contributed by atoms with van der Waals surface area (Å²) in [6, 6.07) is 2.21. The van der Waals surface area contributed by atoms with Gasteiger partial charge in [0, 0.05) is 0 Å². The molecule has 8 heteroatoms. The van der Waals surface area contributed by atoms with E-state index < -0.39 is 41.8 Å². The fourth-order valence-electron chi connectivity index (χ4n) is 2.25. The Morgan fingerprint density at radius 3 is 2.05 bits per heavy atom. The molecular formula is C14H18BF4NO2. The van der Waals surface area contributed by atoms with Crippen LogP contribution in [0.15, 0.2) is 18.2 Å². The van der Waals surface area contributed by atoms with Crippen LogP contribution in [0.3, 0.4) is 0 Å². The summed E-state index contributed by atoms with van der Waals surface area (Å²) in [7, 11) is -1.09. The Labute approximate surface area is 126 Å². The summed E-state index contributed by atoms with van der Waals surface area (Å²) in [5.74, 6) is -2.05. The Bertz CT molecular complexity index is 558. The first kappa shape index (κ1) is 17.2. The maximum absolute atomic E-state index is 13.4. The molecular weight excluding hydrogens is 301 g/mol. The van der Waals surface area contributed by atoms with Crippen molar-refractivity contribution in [2.24, 2.45) is 5.73 Å². The van der Waals surface area contributed by atoms with Gasteiger partial charge in [-0.3, -0.25) is 0 Å². The zero-order chi connectivity index (χ0) is 16.9. The van der Waals surface area contributed by atoms with Crippen LogP contribution in [0.25, 0.3) is 0 Å². The Balaban J connectivity index is 2.39. The predicted molar refractivity (Wildman–Crippen MR) is 74.4 cm³/mol. The molecule has 1 heterocycles. The van der Waals surface area contributed by atoms with Crippen LogP contribution in [-0.2, 0) is 15.5 Å². The van der Waals surface area contributed by atoms with Crippen LogP contribution in [0.4, 0.5) is 17.6 Å². The van der Waals surface area contributed by atoms with Crippen LogP contribution in [0.1, 0.15) is 44.8 Å². The van der Waals surface area contributed by atoms with Gasteiger partial charge in [-0.05, 0) is 51.5 Å². The third-order valence-electron chi connectivity index (χ3n) is 4.24. The van der Waals surface area contributed by atoms with Crippen LogP contribution in [0.5, 0.6) is 0 Å². The highest BCUT2D eigenvalue weighted by Crippen LogP contribution is 2.42. The molecule has 0 radical (unpaired) electrons. The number of halogens is 4. The normalized spacial score (nSPS) is 22.0. The van der Waals surface area contributed by atoms with Crippen molar-refractivity contribution in [1.82, 2.24) is 0 Å². The zero-order valence-corrected chi connectivity index (χ0v) is 12.8. The fraction of sp³-hybridized carbons (Fsp3) is 0.571. The van der Waals surface area contributed by atoms with E-state index in [1.54, 1.807) is 27.7 Å². The second kappa shape index (κ2) is 5.21. The van der Waals surface area contributed by atoms with Gasteiger partial charge in [0.15, 0.2) is 0 Å². The standard InChI is InChI=1S/C14H18BF4NO2/c1-12(2)13(3,4)22-15(21-12)11(20)9-7-8(16)5-6-10(9)14(17,18)19/h5-7,11H,20H2,1-4H3/t11-/m0/s1. The van der Waals surface area contributed by atoms with Crippen LogP contribution in [0, 0.1) is 5.82 Å². The average molecular weight is 319 g/mol. The minimum absolute atomic E-state index is 0.383. The molecule has 0 aliphatic carbocycles. The van der Waals surface area contributed by atoms with E-state index in [0.717, 1.165) is 12.1 Å². The minimum Gasteiger partial charge on any atom is -0.402 e. The molecule has 1 fully saturated rings. The lowest BCUT2D eigenvalue weighted by Gasteiger charge is -2.32. The molecule has 0 saturated carbocycles. The monoisotopic (exact) mass is 319 g/mol. The van der Waals surface area contributed by atoms with E-state index in [1.807, 2.05) is 0 Å². The Hall–Kier alpha value is -1.12. The average Bonchev–Trinajstić information content (AvgIpc) is 2.56. The topological polar surface area (TPSA) is 44.5 Å². The van der Waals surface area contributed by atoms with E-state index in [-0.39, 0.29) is 5.56 Å². The van der Waals surface area contributed by atoms with E-state index in [4.69, 9.17) is 15.0 Å². The molecule has 1 saturated heterocycles. The van der Waals surface area contributed by atoms with Crippen molar-refractivity contribution in [3.05, 3.63) is 35.1 Å². The van der Waals surface area contributed by atoms with Gasteiger partial charge in [0.25, 0.3) is 0 Å². The van der Waals surface area contributed by atoms with Gasteiger partial charge in [-0.2, -0.15) is 13.2 Å². The highest BCUT2D eigenvalue weighted by Gasteiger charge is 2.54. The second-order valence-electron chi connectivity index (χ2n) is 6.38. The molecule has 1 atom stereocenters. The Morgan fingerprint density at radius 1 is 1.09 bits per heavy atom. The van der Waals surface area contributed by atoms with E-state index in [1.165, 1.54) is 0 Å². The lowest BCUT2D eigenvalue weighted by molar-refractivity contribution is -0.138. The molecule has 0 aromatic heterocycles. The Morgan fingerprint density at radius 2 is 1.59 bits per heavy atom. The van der Waals surface area contributed by atoms with Crippen LogP contribution >= 0.6 is 0 Å². The maximum atomic E-state index is 13.4. The summed E-state index contributed by atoms with van der Waals surface area (Å²) in [6.45, 7) is 7.04. The van der Waals surface area contributed by atoms with Gasteiger partial charge >= 0.3 is 13.3 Å². The lowest BCUT2D eigenvalue weighted by Crippen LogP contribution is -2.41. The molecule has 1 aromatic rings. The molecule has 2 N–H and O–H groups in total. The third-order valence-corrected chi connectivity index (χ3v) is 4.24. The third kappa shape index (κ3) is 3.00. The quantitative estimate of drug-likeness (QED) is 0.670. The van der Waals surface area contributed by atoms with E-state index in [0.29, 0.717) is 6.07 Å². The smallest absolute Gasteiger partial charge is 0.402 e. The molecule has 0 spiro atoms. The van der Waals surface area contributed by atoms with E-state index in [2.05, 4.69) is 0 Å². The number of hydrogen-bond donors (Lipinski definition) is 1. The van der Waals surface area contributed by atoms with Crippen molar-refractivity contribution in [1.29, 1.82) is 0 Å². The van der Waals surface area contributed by atoms with Crippen molar-refractivity contribution < 1.29 is 26.9 Å². The largest absolute Gasteiger partial charge is 0.480 e. The summed E-state index contributed by atoms with van der Waals surface area (Å²) < 4.78 is 63.9.